The highest BCUT2D eigenvalue weighted by atomic mass is 16.3. The summed E-state index contributed by atoms with van der Waals surface area (Å²) in [5.41, 5.74) is 0.814. The zero-order valence-corrected chi connectivity index (χ0v) is 17.6. The highest BCUT2D eigenvalue weighted by molar-refractivity contribution is 6.00. The van der Waals surface area contributed by atoms with Gasteiger partial charge in [0.05, 0.1) is 17.3 Å². The van der Waals surface area contributed by atoms with Gasteiger partial charge in [-0.3, -0.25) is 14.3 Å². The fourth-order valence-electron chi connectivity index (χ4n) is 2.88. The van der Waals surface area contributed by atoms with Gasteiger partial charge in [0.2, 0.25) is 0 Å². The number of rotatable bonds is 9. The number of nitrogens with one attached hydrogen (secondary N) is 4. The molecule has 0 spiro atoms. The number of aliphatic hydroxyl groups is 1. The van der Waals surface area contributed by atoms with Gasteiger partial charge < -0.3 is 26.2 Å². The Hall–Kier alpha value is -4.24. The fourth-order valence-corrected chi connectivity index (χ4v) is 2.88. The molecule has 0 fully saturated rings. The van der Waals surface area contributed by atoms with E-state index in [1.807, 2.05) is 13.0 Å². The lowest BCUT2D eigenvalue weighted by atomic mass is 10.1. The van der Waals surface area contributed by atoms with Gasteiger partial charge in [-0.1, -0.05) is 0 Å². The molecule has 12 heteroatoms. The Morgan fingerprint density at radius 1 is 1.38 bits per heavy atom. The van der Waals surface area contributed by atoms with Gasteiger partial charge in [0.15, 0.2) is 5.82 Å². The molecule has 0 aliphatic heterocycles. The van der Waals surface area contributed by atoms with E-state index in [1.165, 1.54) is 23.3 Å². The Morgan fingerprint density at radius 2 is 2.19 bits per heavy atom. The van der Waals surface area contributed by atoms with Crippen molar-refractivity contribution in [3.8, 4) is 17.5 Å². The number of aliphatic hydroxyl groups excluding tert-OH is 1. The van der Waals surface area contributed by atoms with Crippen molar-refractivity contribution in [1.29, 1.82) is 5.26 Å². The molecule has 166 valence electrons. The molecule has 0 saturated heterocycles. The second-order valence-corrected chi connectivity index (χ2v) is 6.96. The van der Waals surface area contributed by atoms with Crippen molar-refractivity contribution in [3.63, 3.8) is 0 Å². The smallest absolute Gasteiger partial charge is 0.277 e. The predicted molar refractivity (Wildman–Crippen MR) is 117 cm³/mol. The average molecular weight is 437 g/mol. The summed E-state index contributed by atoms with van der Waals surface area (Å²) in [5.74, 6) is 0.602. The van der Waals surface area contributed by atoms with Crippen molar-refractivity contribution >= 4 is 23.2 Å². The number of pyridine rings is 1. The normalized spacial score (nSPS) is 11.4. The Balaban J connectivity index is 1.89. The van der Waals surface area contributed by atoms with Crippen LogP contribution in [0.15, 0.2) is 35.5 Å². The van der Waals surface area contributed by atoms with Crippen molar-refractivity contribution in [3.05, 3.63) is 46.6 Å². The topological polar surface area (TPSA) is 174 Å². The van der Waals surface area contributed by atoms with Crippen LogP contribution in [0, 0.1) is 11.3 Å². The van der Waals surface area contributed by atoms with Gasteiger partial charge in [0, 0.05) is 44.4 Å². The third-order valence-electron chi connectivity index (χ3n) is 4.53. The van der Waals surface area contributed by atoms with Gasteiger partial charge in [-0.2, -0.15) is 5.26 Å². The standard InChI is InChI=1S/C20H23N9O3/c1-12(4-8-30)26-15-9-17(24-10-13(15)19(31)23-7-5-21)27-16-3-6-22-18(28-16)14-11-25-29(2)20(14)32/h3,6,9-12,25,30H,4,7-8H2,1-2H3,(H,23,31)(H2,22,24,26,27,28)/t12-/m0/s1. The number of nitriles is 1. The van der Waals surface area contributed by atoms with E-state index in [0.717, 1.165) is 0 Å². The lowest BCUT2D eigenvalue weighted by Crippen LogP contribution is -2.26. The molecule has 0 aromatic carbocycles. The fraction of sp³-hybridized carbons (Fsp3) is 0.300. The Labute approximate surface area is 183 Å². The largest absolute Gasteiger partial charge is 0.396 e. The van der Waals surface area contributed by atoms with E-state index in [0.29, 0.717) is 29.3 Å². The van der Waals surface area contributed by atoms with Crippen LogP contribution in [0.2, 0.25) is 0 Å². The number of carbonyl (C=O) groups is 1. The Bertz CT molecular complexity index is 1200. The summed E-state index contributed by atoms with van der Waals surface area (Å²) in [5, 5.41) is 29.4. The number of carbonyl (C=O) groups excluding carboxylic acids is 1. The zero-order valence-electron chi connectivity index (χ0n) is 17.6. The summed E-state index contributed by atoms with van der Waals surface area (Å²) in [6, 6.07) is 5.00. The molecule has 3 rings (SSSR count). The van der Waals surface area contributed by atoms with Crippen LogP contribution in [0.25, 0.3) is 11.4 Å². The molecule has 3 heterocycles. The molecule has 3 aromatic rings. The van der Waals surface area contributed by atoms with Crippen molar-refractivity contribution in [1.82, 2.24) is 30.0 Å². The van der Waals surface area contributed by atoms with Crippen LogP contribution in [0.1, 0.15) is 23.7 Å². The van der Waals surface area contributed by atoms with Gasteiger partial charge in [0.1, 0.15) is 23.7 Å². The number of nitrogens with zero attached hydrogens (tertiary/aromatic N) is 5. The number of aromatic nitrogens is 5. The maximum absolute atomic E-state index is 12.4. The van der Waals surface area contributed by atoms with Crippen LogP contribution < -0.4 is 21.5 Å². The summed E-state index contributed by atoms with van der Waals surface area (Å²) >= 11 is 0. The van der Waals surface area contributed by atoms with Crippen LogP contribution in [-0.2, 0) is 7.05 Å². The first kappa shape index (κ1) is 22.4. The molecule has 0 aliphatic carbocycles. The van der Waals surface area contributed by atoms with Crippen molar-refractivity contribution < 1.29 is 9.90 Å². The Morgan fingerprint density at radius 3 is 2.88 bits per heavy atom. The van der Waals surface area contributed by atoms with Crippen LogP contribution in [0.5, 0.6) is 0 Å². The highest BCUT2D eigenvalue weighted by Gasteiger charge is 2.16. The maximum atomic E-state index is 12.4. The minimum absolute atomic E-state index is 0.0113. The first-order valence-corrected chi connectivity index (χ1v) is 9.80. The molecule has 12 nitrogen and oxygen atoms in total. The van der Waals surface area contributed by atoms with E-state index < -0.39 is 5.91 Å². The van der Waals surface area contributed by atoms with E-state index in [4.69, 9.17) is 5.26 Å². The van der Waals surface area contributed by atoms with Crippen molar-refractivity contribution in [2.45, 2.75) is 19.4 Å². The number of hydrogen-bond acceptors (Lipinski definition) is 9. The molecule has 1 amide bonds. The van der Waals surface area contributed by atoms with Gasteiger partial charge in [-0.25, -0.2) is 15.0 Å². The lowest BCUT2D eigenvalue weighted by molar-refractivity contribution is 0.0959. The Kier molecular flexibility index (Phi) is 7.14. The average Bonchev–Trinajstić information content (AvgIpc) is 3.11. The predicted octanol–water partition coefficient (Wildman–Crippen LogP) is 0.745. The van der Waals surface area contributed by atoms with Gasteiger partial charge in [0.25, 0.3) is 11.5 Å². The number of aryl methyl sites for hydroxylation is 1. The van der Waals surface area contributed by atoms with Gasteiger partial charge in [-0.05, 0) is 19.4 Å². The van der Waals surface area contributed by atoms with Gasteiger partial charge in [-0.15, -0.1) is 0 Å². The summed E-state index contributed by atoms with van der Waals surface area (Å²) in [6.07, 6.45) is 4.90. The number of amides is 1. The quantitative estimate of drug-likeness (QED) is 0.303. The number of H-pyrrole nitrogens is 1. The first-order valence-electron chi connectivity index (χ1n) is 9.80. The maximum Gasteiger partial charge on any atom is 0.277 e. The minimum Gasteiger partial charge on any atom is -0.396 e. The molecule has 0 saturated carbocycles. The third-order valence-corrected chi connectivity index (χ3v) is 4.53. The molecule has 5 N–H and O–H groups in total. The first-order chi connectivity index (χ1) is 15.4. The molecule has 1 atom stereocenters. The molecule has 0 aliphatic rings. The monoisotopic (exact) mass is 437 g/mol. The van der Waals surface area contributed by atoms with Crippen LogP contribution >= 0.6 is 0 Å². The summed E-state index contributed by atoms with van der Waals surface area (Å²) in [7, 11) is 1.60. The molecular formula is C20H23N9O3. The van der Waals surface area contributed by atoms with Crippen molar-refractivity contribution in [2.75, 3.05) is 23.8 Å². The number of anilines is 3. The van der Waals surface area contributed by atoms with E-state index in [9.17, 15) is 14.7 Å². The van der Waals surface area contributed by atoms with Crippen LogP contribution in [-0.4, -0.2) is 54.9 Å². The second-order valence-electron chi connectivity index (χ2n) is 6.96. The van der Waals surface area contributed by atoms with E-state index in [1.54, 1.807) is 19.2 Å². The molecule has 0 unspecified atom stereocenters. The summed E-state index contributed by atoms with van der Waals surface area (Å²) in [4.78, 5) is 37.3. The summed E-state index contributed by atoms with van der Waals surface area (Å²) in [6.45, 7) is 1.73. The SMILES string of the molecule is C[C@@H](CCO)Nc1cc(Nc2ccnc(-c3c[nH]n(C)c3=O)n2)ncc1C(=O)NCC#N. The number of aromatic amines is 1. The van der Waals surface area contributed by atoms with E-state index >= 15 is 0 Å². The second kappa shape index (κ2) is 10.2. The summed E-state index contributed by atoms with van der Waals surface area (Å²) < 4.78 is 1.32. The highest BCUT2D eigenvalue weighted by Crippen LogP contribution is 2.23. The molecular weight excluding hydrogens is 414 g/mol. The molecule has 32 heavy (non-hydrogen) atoms. The van der Waals surface area contributed by atoms with Crippen LogP contribution in [0.3, 0.4) is 0 Å². The zero-order chi connectivity index (χ0) is 23.1. The van der Waals surface area contributed by atoms with E-state index in [2.05, 4.69) is 36.0 Å². The lowest BCUT2D eigenvalue weighted by Gasteiger charge is -2.18. The number of hydrogen-bond donors (Lipinski definition) is 5. The third kappa shape index (κ3) is 5.27. The molecule has 0 bridgehead atoms. The van der Waals surface area contributed by atoms with Crippen LogP contribution in [0.4, 0.5) is 17.3 Å². The molecule has 3 aromatic heterocycles. The van der Waals surface area contributed by atoms with E-state index in [-0.39, 0.29) is 36.1 Å². The molecule has 0 radical (unpaired) electrons. The van der Waals surface area contributed by atoms with Crippen molar-refractivity contribution in [2.24, 2.45) is 7.05 Å². The minimum atomic E-state index is -0.447. The van der Waals surface area contributed by atoms with Gasteiger partial charge >= 0.3 is 0 Å².